The molecule has 2 heterocycles. The van der Waals surface area contributed by atoms with Gasteiger partial charge in [-0.3, -0.25) is 0 Å². The zero-order valence-corrected chi connectivity index (χ0v) is 12.1. The van der Waals surface area contributed by atoms with Gasteiger partial charge in [-0.05, 0) is 24.6 Å². The maximum Gasteiger partial charge on any atom is 0.369 e. The van der Waals surface area contributed by atoms with Crippen molar-refractivity contribution in [3.05, 3.63) is 0 Å². The molecule has 110 valence electrons. The van der Waals surface area contributed by atoms with Crippen LogP contribution in [-0.4, -0.2) is 59.8 Å². The molecule has 0 aromatic rings. The van der Waals surface area contributed by atoms with Crippen molar-refractivity contribution in [2.45, 2.75) is 30.9 Å². The second-order valence-electron chi connectivity index (χ2n) is 4.16. The van der Waals surface area contributed by atoms with E-state index < -0.39 is 5.62 Å². The summed E-state index contributed by atoms with van der Waals surface area (Å²) in [7, 11) is 0. The number of hydrogen-bond donors (Lipinski definition) is 1. The van der Waals surface area contributed by atoms with Crippen LogP contribution in [0, 0.1) is 0 Å². The van der Waals surface area contributed by atoms with Gasteiger partial charge in [-0.2, -0.15) is 0 Å². The molecule has 0 spiro atoms. The third-order valence-corrected chi connectivity index (χ3v) is 4.32. The number of ether oxygens (including phenoxy) is 4. The first-order valence-electron chi connectivity index (χ1n) is 6.22. The van der Waals surface area contributed by atoms with Crippen LogP contribution in [0.4, 0.5) is 4.79 Å². The van der Waals surface area contributed by atoms with Crippen LogP contribution in [-0.2, 0) is 18.9 Å². The molecule has 0 aromatic carbocycles. The molecule has 19 heavy (non-hydrogen) atoms. The molecule has 2 fully saturated rings. The Morgan fingerprint density at radius 1 is 1.32 bits per heavy atom. The number of cyclic esters (lactones) is 1. The van der Waals surface area contributed by atoms with E-state index in [2.05, 4.69) is 0 Å². The van der Waals surface area contributed by atoms with Crippen molar-refractivity contribution in [1.29, 1.82) is 0 Å². The minimum atomic E-state index is -0.700. The fourth-order valence-corrected chi connectivity index (χ4v) is 3.05. The average Bonchev–Trinajstić information content (AvgIpc) is 2.97. The predicted molar refractivity (Wildman–Crippen MR) is 72.1 cm³/mol. The van der Waals surface area contributed by atoms with E-state index in [1.807, 2.05) is 0 Å². The van der Waals surface area contributed by atoms with Crippen LogP contribution in [0.15, 0.2) is 0 Å². The number of thioether (sulfide) groups is 2. The van der Waals surface area contributed by atoms with E-state index in [0.717, 1.165) is 30.4 Å². The van der Waals surface area contributed by atoms with E-state index in [9.17, 15) is 4.79 Å². The van der Waals surface area contributed by atoms with Crippen molar-refractivity contribution in [1.82, 2.24) is 0 Å². The fourth-order valence-electron chi connectivity index (χ4n) is 1.65. The molecule has 0 aliphatic carbocycles. The highest BCUT2D eigenvalue weighted by molar-refractivity contribution is 8.13. The summed E-state index contributed by atoms with van der Waals surface area (Å²) >= 11 is 2.53. The Bertz CT molecular complexity index is 290. The molecule has 2 aliphatic rings. The van der Waals surface area contributed by atoms with Crippen molar-refractivity contribution in [2.75, 3.05) is 31.3 Å². The SMILES string of the molecule is O=C1OC(OCCCCOCC2CSC(O)O2)CS1. The van der Waals surface area contributed by atoms with E-state index in [-0.39, 0.29) is 17.7 Å². The molecule has 0 saturated carbocycles. The van der Waals surface area contributed by atoms with Crippen LogP contribution in [0.3, 0.4) is 0 Å². The average molecular weight is 310 g/mol. The van der Waals surface area contributed by atoms with Crippen molar-refractivity contribution >= 4 is 28.8 Å². The second kappa shape index (κ2) is 8.33. The van der Waals surface area contributed by atoms with Gasteiger partial charge in [0.2, 0.25) is 11.9 Å². The number of carbonyl (C=O) groups excluding carboxylic acids is 1. The normalized spacial score (nSPS) is 30.8. The van der Waals surface area contributed by atoms with Crippen LogP contribution in [0.1, 0.15) is 12.8 Å². The van der Waals surface area contributed by atoms with E-state index in [4.69, 9.17) is 24.1 Å². The number of hydrogen-bond acceptors (Lipinski definition) is 8. The van der Waals surface area contributed by atoms with Gasteiger partial charge in [-0.25, -0.2) is 4.79 Å². The van der Waals surface area contributed by atoms with Crippen molar-refractivity contribution in [2.24, 2.45) is 0 Å². The summed E-state index contributed by atoms with van der Waals surface area (Å²) in [6.07, 6.45) is 1.35. The van der Waals surface area contributed by atoms with E-state index in [1.165, 1.54) is 11.8 Å². The fraction of sp³-hybridized carbons (Fsp3) is 0.909. The van der Waals surface area contributed by atoms with Gasteiger partial charge in [0.15, 0.2) is 0 Å². The van der Waals surface area contributed by atoms with Gasteiger partial charge in [-0.1, -0.05) is 11.8 Å². The first kappa shape index (κ1) is 15.4. The van der Waals surface area contributed by atoms with Gasteiger partial charge in [-0.15, -0.1) is 0 Å². The number of unbranched alkanes of at least 4 members (excludes halogenated alkanes) is 1. The monoisotopic (exact) mass is 310 g/mol. The summed E-state index contributed by atoms with van der Waals surface area (Å²) in [4.78, 5) is 10.8. The Kier molecular flexibility index (Phi) is 6.75. The van der Waals surface area contributed by atoms with Crippen molar-refractivity contribution in [3.63, 3.8) is 0 Å². The molecule has 0 amide bonds. The molecule has 2 saturated heterocycles. The molecule has 6 nitrogen and oxygen atoms in total. The molecule has 3 atom stereocenters. The highest BCUT2D eigenvalue weighted by Gasteiger charge is 2.25. The highest BCUT2D eigenvalue weighted by atomic mass is 32.2. The quantitative estimate of drug-likeness (QED) is 0.533. The Hall–Kier alpha value is 0.01000. The minimum absolute atomic E-state index is 0.00817. The lowest BCUT2D eigenvalue weighted by Gasteiger charge is -2.11. The van der Waals surface area contributed by atoms with Gasteiger partial charge in [0.1, 0.15) is 0 Å². The van der Waals surface area contributed by atoms with Gasteiger partial charge in [0.25, 0.3) is 0 Å². The molecular weight excluding hydrogens is 292 g/mol. The zero-order valence-electron chi connectivity index (χ0n) is 10.5. The van der Waals surface area contributed by atoms with Gasteiger partial charge < -0.3 is 24.1 Å². The number of aliphatic hydroxyl groups is 1. The largest absolute Gasteiger partial charge is 0.427 e. The highest BCUT2D eigenvalue weighted by Crippen LogP contribution is 2.23. The lowest BCUT2D eigenvalue weighted by molar-refractivity contribution is -0.0844. The van der Waals surface area contributed by atoms with E-state index in [0.29, 0.717) is 25.6 Å². The lowest BCUT2D eigenvalue weighted by atomic mass is 10.3. The van der Waals surface area contributed by atoms with E-state index >= 15 is 0 Å². The molecule has 0 aromatic heterocycles. The Labute approximate surface area is 120 Å². The summed E-state index contributed by atoms with van der Waals surface area (Å²) in [5.41, 5.74) is -0.700. The number of carbonyl (C=O) groups is 1. The van der Waals surface area contributed by atoms with Crippen LogP contribution in [0.5, 0.6) is 0 Å². The number of aliphatic hydroxyl groups excluding tert-OH is 1. The predicted octanol–water partition coefficient (Wildman–Crippen LogP) is 1.42. The smallest absolute Gasteiger partial charge is 0.369 e. The lowest BCUT2D eigenvalue weighted by Crippen LogP contribution is -2.19. The molecule has 0 bridgehead atoms. The third kappa shape index (κ3) is 5.88. The summed E-state index contributed by atoms with van der Waals surface area (Å²) in [6.45, 7) is 1.72. The minimum Gasteiger partial charge on any atom is -0.427 e. The second-order valence-corrected chi connectivity index (χ2v) is 6.18. The molecule has 2 aliphatic heterocycles. The third-order valence-electron chi connectivity index (χ3n) is 2.59. The first-order valence-corrected chi connectivity index (χ1v) is 8.25. The van der Waals surface area contributed by atoms with Gasteiger partial charge >= 0.3 is 5.30 Å². The van der Waals surface area contributed by atoms with Gasteiger partial charge in [0, 0.05) is 12.4 Å². The standard InChI is InChI=1S/C11H18O6S2/c12-10-16-8(6-18-10)5-14-3-1-2-4-15-9-7-19-11(13)17-9/h8-10,12H,1-7H2. The Morgan fingerprint density at radius 2 is 2.16 bits per heavy atom. The molecule has 0 radical (unpaired) electrons. The van der Waals surface area contributed by atoms with Crippen LogP contribution >= 0.6 is 23.5 Å². The Balaban J connectivity index is 1.37. The maximum absolute atomic E-state index is 10.8. The molecular formula is C11H18O6S2. The number of rotatable bonds is 8. The topological polar surface area (TPSA) is 74.2 Å². The van der Waals surface area contributed by atoms with Crippen molar-refractivity contribution < 1.29 is 28.8 Å². The summed E-state index contributed by atoms with van der Waals surface area (Å²) in [5, 5.41) is 8.87. The van der Waals surface area contributed by atoms with Gasteiger partial charge in [0.05, 0.1) is 25.1 Å². The summed E-state index contributed by atoms with van der Waals surface area (Å²) in [5.74, 6) is 1.35. The maximum atomic E-state index is 10.8. The molecule has 2 rings (SSSR count). The molecule has 1 N–H and O–H groups in total. The van der Waals surface area contributed by atoms with Crippen LogP contribution in [0.2, 0.25) is 0 Å². The van der Waals surface area contributed by atoms with Crippen LogP contribution < -0.4 is 0 Å². The van der Waals surface area contributed by atoms with Crippen molar-refractivity contribution in [3.8, 4) is 0 Å². The zero-order chi connectivity index (χ0) is 13.5. The Morgan fingerprint density at radius 3 is 2.84 bits per heavy atom. The van der Waals surface area contributed by atoms with E-state index in [1.54, 1.807) is 0 Å². The first-order chi connectivity index (χ1) is 9.24. The van der Waals surface area contributed by atoms with Crippen LogP contribution in [0.25, 0.3) is 0 Å². The summed E-state index contributed by atoms with van der Waals surface area (Å²) < 4.78 is 20.9. The summed E-state index contributed by atoms with van der Waals surface area (Å²) in [6, 6.07) is 0. The molecule has 3 unspecified atom stereocenters. The molecule has 8 heteroatoms.